The second-order valence-electron chi connectivity index (χ2n) is 5.65. The molecule has 0 fully saturated rings. The Morgan fingerprint density at radius 3 is 2.86 bits per heavy atom. The third kappa shape index (κ3) is 3.43. The Bertz CT molecular complexity index is 696. The molecule has 5 heteroatoms. The minimum atomic E-state index is -0.433. The van der Waals surface area contributed by atoms with Crippen molar-refractivity contribution >= 4 is 45.9 Å². The Hall–Kier alpha value is -1.14. The van der Waals surface area contributed by atoms with Gasteiger partial charge >= 0.3 is 0 Å². The summed E-state index contributed by atoms with van der Waals surface area (Å²) in [6, 6.07) is 4.69. The number of nitrogens with one attached hydrogen (secondary N) is 1. The van der Waals surface area contributed by atoms with Crippen LogP contribution in [0.1, 0.15) is 28.8 Å². The zero-order valence-corrected chi connectivity index (χ0v) is 14.7. The van der Waals surface area contributed by atoms with Crippen LogP contribution < -0.4 is 5.32 Å². The van der Waals surface area contributed by atoms with Gasteiger partial charge in [0.1, 0.15) is 0 Å². The highest BCUT2D eigenvalue weighted by Crippen LogP contribution is 2.26. The van der Waals surface area contributed by atoms with Gasteiger partial charge in [0.25, 0.3) is 5.91 Å². The van der Waals surface area contributed by atoms with Gasteiger partial charge in [-0.3, -0.25) is 9.59 Å². The zero-order valence-electron chi connectivity index (χ0n) is 11.8. The molecule has 1 N–H and O–H groups in total. The first-order chi connectivity index (χ1) is 10.5. The van der Waals surface area contributed by atoms with E-state index in [0.29, 0.717) is 17.0 Å². The molecule has 22 heavy (non-hydrogen) atoms. The minimum Gasteiger partial charge on any atom is -0.342 e. The fraction of sp³-hybridized carbons (Fsp3) is 0.294. The molecule has 1 aromatic rings. The molecule has 0 aromatic heterocycles. The molecule has 1 amide bonds. The van der Waals surface area contributed by atoms with E-state index in [1.807, 2.05) is 0 Å². The van der Waals surface area contributed by atoms with Crippen LogP contribution in [-0.2, 0) is 11.2 Å². The maximum Gasteiger partial charge on any atom is 0.252 e. The van der Waals surface area contributed by atoms with Crippen LogP contribution in [-0.4, -0.2) is 17.7 Å². The fourth-order valence-electron chi connectivity index (χ4n) is 2.85. The van der Waals surface area contributed by atoms with Crippen molar-refractivity contribution in [1.82, 2.24) is 5.32 Å². The van der Waals surface area contributed by atoms with Crippen molar-refractivity contribution in [1.29, 1.82) is 0 Å². The fourth-order valence-corrected chi connectivity index (χ4v) is 3.48. The smallest absolute Gasteiger partial charge is 0.252 e. The van der Waals surface area contributed by atoms with Crippen LogP contribution in [0, 0.1) is 5.92 Å². The Morgan fingerprint density at radius 2 is 2.14 bits per heavy atom. The Kier molecular flexibility index (Phi) is 4.68. The van der Waals surface area contributed by atoms with Gasteiger partial charge in [-0.1, -0.05) is 35.9 Å². The molecule has 114 valence electrons. The van der Waals surface area contributed by atoms with Crippen LogP contribution in [0.5, 0.6) is 0 Å². The molecule has 1 unspecified atom stereocenters. The van der Waals surface area contributed by atoms with Crippen LogP contribution in [0.2, 0.25) is 5.02 Å². The van der Waals surface area contributed by atoms with E-state index in [4.69, 9.17) is 11.6 Å². The lowest BCUT2D eigenvalue weighted by Gasteiger charge is -2.21. The molecule has 0 spiro atoms. The Balaban J connectivity index is 1.77. The van der Waals surface area contributed by atoms with Crippen LogP contribution in [0.3, 0.4) is 0 Å². The van der Waals surface area contributed by atoms with Gasteiger partial charge in [0, 0.05) is 20.6 Å². The Morgan fingerprint density at radius 1 is 1.32 bits per heavy atom. The van der Waals surface area contributed by atoms with E-state index in [2.05, 4.69) is 46.1 Å². The number of benzene rings is 1. The van der Waals surface area contributed by atoms with E-state index in [1.54, 1.807) is 18.2 Å². The average Bonchev–Trinajstić information content (AvgIpc) is 2.60. The van der Waals surface area contributed by atoms with Crippen LogP contribution in [0.25, 0.3) is 0 Å². The predicted molar refractivity (Wildman–Crippen MR) is 95.4 cm³/mol. The number of hydrogen-bond acceptors (Lipinski definition) is 2. The highest BCUT2D eigenvalue weighted by Gasteiger charge is 2.29. The average molecular weight is 428 g/mol. The van der Waals surface area contributed by atoms with Gasteiger partial charge in [0.15, 0.2) is 5.78 Å². The molecule has 0 radical (unpaired) electrons. The molecule has 1 heterocycles. The first-order valence-corrected chi connectivity index (χ1v) is 8.64. The number of allylic oxidation sites excluding steroid dienone is 4. The van der Waals surface area contributed by atoms with E-state index in [-0.39, 0.29) is 24.0 Å². The van der Waals surface area contributed by atoms with Crippen molar-refractivity contribution in [2.45, 2.75) is 25.3 Å². The third-order valence-electron chi connectivity index (χ3n) is 4.06. The standard InChI is InChI=1S/C17H15ClINO2/c18-12-4-3-11-8-16(21)15(20-17(22)14(11)9-12)7-10-1-5-13(19)6-2-10/h1,3-6,9-10,15H,2,7-8H2,(H,20,22)/t10?,15-/m1/s1. The lowest BCUT2D eigenvalue weighted by atomic mass is 9.90. The highest BCUT2D eigenvalue weighted by molar-refractivity contribution is 14.1. The van der Waals surface area contributed by atoms with E-state index in [1.165, 1.54) is 3.58 Å². The summed E-state index contributed by atoms with van der Waals surface area (Å²) < 4.78 is 1.21. The summed E-state index contributed by atoms with van der Waals surface area (Å²) in [5.74, 6) is 0.142. The maximum absolute atomic E-state index is 12.5. The number of amides is 1. The van der Waals surface area contributed by atoms with Gasteiger partial charge in [-0.15, -0.1) is 0 Å². The van der Waals surface area contributed by atoms with Gasteiger partial charge in [0.05, 0.1) is 6.04 Å². The number of rotatable bonds is 2. The molecule has 2 aliphatic rings. The number of hydrogen-bond donors (Lipinski definition) is 1. The second kappa shape index (κ2) is 6.54. The van der Waals surface area contributed by atoms with Gasteiger partial charge in [0.2, 0.25) is 0 Å². The van der Waals surface area contributed by atoms with Gasteiger partial charge in [-0.25, -0.2) is 0 Å². The van der Waals surface area contributed by atoms with E-state index >= 15 is 0 Å². The summed E-state index contributed by atoms with van der Waals surface area (Å²) in [5, 5.41) is 3.38. The summed E-state index contributed by atoms with van der Waals surface area (Å²) in [7, 11) is 0. The summed E-state index contributed by atoms with van der Waals surface area (Å²) in [6.07, 6.45) is 8.17. The molecule has 1 aliphatic heterocycles. The summed E-state index contributed by atoms with van der Waals surface area (Å²) in [5.41, 5.74) is 1.26. The number of halogens is 2. The molecule has 3 nitrogen and oxygen atoms in total. The summed E-state index contributed by atoms with van der Waals surface area (Å²) in [6.45, 7) is 0. The quantitative estimate of drug-likeness (QED) is 0.729. The first kappa shape index (κ1) is 15.7. The minimum absolute atomic E-state index is 0.0621. The Labute approximate surface area is 147 Å². The van der Waals surface area contributed by atoms with Crippen LogP contribution in [0.15, 0.2) is 40.0 Å². The van der Waals surface area contributed by atoms with Gasteiger partial charge < -0.3 is 5.32 Å². The number of Topliss-reactive ketones (excluding diaryl/α,β-unsaturated/α-hetero) is 1. The second-order valence-corrected chi connectivity index (χ2v) is 7.33. The van der Waals surface area contributed by atoms with Crippen molar-refractivity contribution in [3.8, 4) is 0 Å². The van der Waals surface area contributed by atoms with Crippen LogP contribution in [0.4, 0.5) is 0 Å². The zero-order chi connectivity index (χ0) is 15.7. The maximum atomic E-state index is 12.5. The predicted octanol–water partition coefficient (Wildman–Crippen LogP) is 3.85. The molecular weight excluding hydrogens is 413 g/mol. The molecule has 0 bridgehead atoms. The van der Waals surface area contributed by atoms with E-state index in [0.717, 1.165) is 12.0 Å². The summed E-state index contributed by atoms with van der Waals surface area (Å²) >= 11 is 8.24. The third-order valence-corrected chi connectivity index (χ3v) is 5.09. The monoisotopic (exact) mass is 427 g/mol. The normalized spacial score (nSPS) is 24.4. The SMILES string of the molecule is O=C1N[C@H](CC2C=CC(I)=CC2)C(=O)Cc2ccc(Cl)cc21. The van der Waals surface area contributed by atoms with Crippen molar-refractivity contribution < 1.29 is 9.59 Å². The van der Waals surface area contributed by atoms with Crippen molar-refractivity contribution in [3.63, 3.8) is 0 Å². The first-order valence-electron chi connectivity index (χ1n) is 7.19. The largest absolute Gasteiger partial charge is 0.342 e. The van der Waals surface area contributed by atoms with Crippen molar-refractivity contribution in [2.75, 3.05) is 0 Å². The molecule has 1 aromatic carbocycles. The number of fused-ring (bicyclic) bond motifs is 1. The van der Waals surface area contributed by atoms with Crippen LogP contribution >= 0.6 is 34.2 Å². The number of ketones is 1. The molecule has 1 aliphatic carbocycles. The lowest BCUT2D eigenvalue weighted by Crippen LogP contribution is -2.40. The number of carbonyl (C=O) groups excluding carboxylic acids is 2. The van der Waals surface area contributed by atoms with Crippen molar-refractivity contribution in [2.24, 2.45) is 5.92 Å². The molecule has 0 saturated carbocycles. The summed E-state index contributed by atoms with van der Waals surface area (Å²) in [4.78, 5) is 24.8. The lowest BCUT2D eigenvalue weighted by molar-refractivity contribution is -0.120. The molecule has 2 atom stereocenters. The van der Waals surface area contributed by atoms with E-state index in [9.17, 15) is 9.59 Å². The van der Waals surface area contributed by atoms with Gasteiger partial charge in [-0.2, -0.15) is 0 Å². The highest BCUT2D eigenvalue weighted by atomic mass is 127. The molecular formula is C17H15ClINO2. The topological polar surface area (TPSA) is 46.2 Å². The van der Waals surface area contributed by atoms with Gasteiger partial charge in [-0.05, 0) is 59.0 Å². The van der Waals surface area contributed by atoms with E-state index < -0.39 is 6.04 Å². The molecule has 0 saturated heterocycles. The molecule has 3 rings (SSSR count). The number of carbonyl (C=O) groups is 2. The van der Waals surface area contributed by atoms with Crippen molar-refractivity contribution in [3.05, 3.63) is 56.2 Å².